The standard InChI is InChI=1S/C28H36O13/c1-34-16-5-12(6-17(35-2)21(16)30)25-14-10-39-26(15(14)11-38-25)13-7-18(36-3)27(19(8-13)37-4)41-28-24(33)23(32)22(31)20(9-29)40-28/h5-8,14-15,20,22-26,28-33H,9-11H2,1-4H3/t14-,15+,20-,22-,23+,24-,25+,26-,28-/m1/s1. The van der Waals surface area contributed by atoms with Gasteiger partial charge in [0.15, 0.2) is 23.0 Å². The Morgan fingerprint density at radius 3 is 1.61 bits per heavy atom. The third kappa shape index (κ3) is 5.23. The van der Waals surface area contributed by atoms with Gasteiger partial charge in [-0.05, 0) is 35.4 Å². The van der Waals surface area contributed by atoms with Crippen molar-refractivity contribution in [3.05, 3.63) is 35.4 Å². The van der Waals surface area contributed by atoms with Gasteiger partial charge in [0.2, 0.25) is 17.8 Å². The van der Waals surface area contributed by atoms with Crippen LogP contribution in [0.3, 0.4) is 0 Å². The summed E-state index contributed by atoms with van der Waals surface area (Å²) in [6, 6.07) is 6.93. The molecule has 0 saturated carbocycles. The highest BCUT2D eigenvalue weighted by Gasteiger charge is 2.49. The van der Waals surface area contributed by atoms with Crippen LogP contribution in [-0.4, -0.2) is 104 Å². The lowest BCUT2D eigenvalue weighted by atomic mass is 9.84. The van der Waals surface area contributed by atoms with E-state index in [-0.39, 0.29) is 58.5 Å². The molecule has 2 aromatic rings. The number of phenolic OH excluding ortho intramolecular Hbond substituents is 1. The third-order valence-electron chi connectivity index (χ3n) is 7.99. The van der Waals surface area contributed by atoms with Gasteiger partial charge in [0.05, 0.1) is 60.5 Å². The fraction of sp³-hybridized carbons (Fsp3) is 0.571. The Balaban J connectivity index is 1.40. The first-order valence-electron chi connectivity index (χ1n) is 13.2. The Hall–Kier alpha value is -3.04. The van der Waals surface area contributed by atoms with E-state index in [9.17, 15) is 25.5 Å². The highest BCUT2D eigenvalue weighted by Crippen LogP contribution is 2.53. The minimum Gasteiger partial charge on any atom is -0.502 e. The smallest absolute Gasteiger partial charge is 0.229 e. The molecule has 226 valence electrons. The summed E-state index contributed by atoms with van der Waals surface area (Å²) in [4.78, 5) is 0. The average molecular weight is 581 g/mol. The second-order valence-corrected chi connectivity index (χ2v) is 10.2. The third-order valence-corrected chi connectivity index (χ3v) is 7.99. The molecular weight excluding hydrogens is 544 g/mol. The van der Waals surface area contributed by atoms with E-state index in [4.69, 9.17) is 37.9 Å². The molecule has 3 heterocycles. The summed E-state index contributed by atoms with van der Waals surface area (Å²) in [5, 5.41) is 50.5. The van der Waals surface area contributed by atoms with Crippen molar-refractivity contribution < 1.29 is 63.4 Å². The fourth-order valence-corrected chi connectivity index (χ4v) is 5.77. The van der Waals surface area contributed by atoms with E-state index in [2.05, 4.69) is 0 Å². The predicted octanol–water partition coefficient (Wildman–Crippen LogP) is 0.680. The van der Waals surface area contributed by atoms with Crippen LogP contribution in [0.5, 0.6) is 34.5 Å². The molecule has 0 amide bonds. The van der Waals surface area contributed by atoms with Crippen LogP contribution in [0.2, 0.25) is 0 Å². The van der Waals surface area contributed by atoms with Crippen LogP contribution in [0.4, 0.5) is 0 Å². The maximum Gasteiger partial charge on any atom is 0.229 e. The molecule has 5 rings (SSSR count). The van der Waals surface area contributed by atoms with E-state index in [0.717, 1.165) is 11.1 Å². The molecule has 2 aromatic carbocycles. The first-order valence-corrected chi connectivity index (χ1v) is 13.2. The van der Waals surface area contributed by atoms with Gasteiger partial charge in [-0.25, -0.2) is 0 Å². The first-order chi connectivity index (χ1) is 19.8. The van der Waals surface area contributed by atoms with Crippen molar-refractivity contribution in [3.63, 3.8) is 0 Å². The van der Waals surface area contributed by atoms with Gasteiger partial charge in [-0.2, -0.15) is 0 Å². The molecule has 0 spiro atoms. The van der Waals surface area contributed by atoms with E-state index in [1.807, 2.05) is 0 Å². The monoisotopic (exact) mass is 580 g/mol. The van der Waals surface area contributed by atoms with Gasteiger partial charge in [-0.15, -0.1) is 0 Å². The molecule has 3 fully saturated rings. The molecule has 5 N–H and O–H groups in total. The lowest BCUT2D eigenvalue weighted by Crippen LogP contribution is -2.60. The number of phenols is 1. The normalized spacial score (nSPS) is 32.8. The number of rotatable bonds is 9. The Morgan fingerprint density at radius 2 is 1.17 bits per heavy atom. The number of aromatic hydroxyl groups is 1. The molecule has 13 heteroatoms. The number of hydrogen-bond donors (Lipinski definition) is 5. The zero-order valence-electron chi connectivity index (χ0n) is 23.1. The van der Waals surface area contributed by atoms with Gasteiger partial charge >= 0.3 is 0 Å². The van der Waals surface area contributed by atoms with E-state index in [0.29, 0.717) is 13.2 Å². The van der Waals surface area contributed by atoms with Crippen LogP contribution >= 0.6 is 0 Å². The second-order valence-electron chi connectivity index (χ2n) is 10.2. The molecule has 0 aromatic heterocycles. The highest BCUT2D eigenvalue weighted by molar-refractivity contribution is 5.55. The van der Waals surface area contributed by atoms with Crippen molar-refractivity contribution in [3.8, 4) is 34.5 Å². The van der Waals surface area contributed by atoms with Gasteiger partial charge in [0.25, 0.3) is 0 Å². The van der Waals surface area contributed by atoms with E-state index in [1.54, 1.807) is 24.3 Å². The van der Waals surface area contributed by atoms with Crippen LogP contribution in [0.1, 0.15) is 23.3 Å². The second kappa shape index (κ2) is 12.1. The molecule has 3 aliphatic rings. The van der Waals surface area contributed by atoms with Crippen LogP contribution in [-0.2, 0) is 14.2 Å². The summed E-state index contributed by atoms with van der Waals surface area (Å²) >= 11 is 0. The lowest BCUT2D eigenvalue weighted by molar-refractivity contribution is -0.277. The van der Waals surface area contributed by atoms with E-state index in [1.165, 1.54) is 28.4 Å². The van der Waals surface area contributed by atoms with Crippen LogP contribution in [0.25, 0.3) is 0 Å². The Kier molecular flexibility index (Phi) is 8.66. The van der Waals surface area contributed by atoms with Gasteiger partial charge < -0.3 is 63.4 Å². The molecule has 0 bridgehead atoms. The van der Waals surface area contributed by atoms with Crippen molar-refractivity contribution in [1.29, 1.82) is 0 Å². The summed E-state index contributed by atoms with van der Waals surface area (Å²) in [6.45, 7) is 0.241. The minimum absolute atomic E-state index is 0.000914. The van der Waals surface area contributed by atoms with Gasteiger partial charge in [0, 0.05) is 11.8 Å². The quantitative estimate of drug-likeness (QED) is 0.280. The SMILES string of the molecule is COc1cc([C@@H]2OC[C@H]3[C@H]2CO[C@@H]3c2cc(OC)c(O[C@H]3O[C@H](CO)[C@@H](O)[C@H](O)[C@H]3O)c(OC)c2)cc(OC)c1O. The summed E-state index contributed by atoms with van der Waals surface area (Å²) in [7, 11) is 5.82. The Bertz CT molecular complexity index is 1170. The lowest BCUT2D eigenvalue weighted by Gasteiger charge is -2.39. The summed E-state index contributed by atoms with van der Waals surface area (Å²) in [6.07, 6.45) is -7.96. The molecule has 0 radical (unpaired) electrons. The molecule has 41 heavy (non-hydrogen) atoms. The zero-order valence-corrected chi connectivity index (χ0v) is 23.1. The van der Waals surface area contributed by atoms with Gasteiger partial charge in [-0.3, -0.25) is 0 Å². The molecule has 0 aliphatic carbocycles. The van der Waals surface area contributed by atoms with Crippen LogP contribution < -0.4 is 23.7 Å². The van der Waals surface area contributed by atoms with Gasteiger partial charge in [-0.1, -0.05) is 0 Å². The molecule has 3 aliphatic heterocycles. The largest absolute Gasteiger partial charge is 0.502 e. The van der Waals surface area contributed by atoms with Gasteiger partial charge in [0.1, 0.15) is 24.4 Å². The number of fused-ring (bicyclic) bond motifs is 1. The number of ether oxygens (including phenoxy) is 8. The van der Waals surface area contributed by atoms with E-state index >= 15 is 0 Å². The molecule has 13 nitrogen and oxygen atoms in total. The topological polar surface area (TPSA) is 175 Å². The maximum atomic E-state index is 10.5. The Morgan fingerprint density at radius 1 is 0.707 bits per heavy atom. The minimum atomic E-state index is -1.61. The van der Waals surface area contributed by atoms with Crippen molar-refractivity contribution in [2.45, 2.75) is 42.9 Å². The predicted molar refractivity (Wildman–Crippen MR) is 140 cm³/mol. The first kappa shape index (κ1) is 29.5. The molecule has 3 saturated heterocycles. The fourth-order valence-electron chi connectivity index (χ4n) is 5.77. The molecule has 9 atom stereocenters. The number of aliphatic hydroxyl groups excluding tert-OH is 4. The number of aliphatic hydroxyl groups is 4. The number of methoxy groups -OCH3 is 4. The zero-order chi connectivity index (χ0) is 29.4. The summed E-state index contributed by atoms with van der Waals surface area (Å²) in [5.41, 5.74) is 1.55. The summed E-state index contributed by atoms with van der Waals surface area (Å²) in [5.74, 6) is 1.08. The van der Waals surface area contributed by atoms with Crippen molar-refractivity contribution in [2.24, 2.45) is 11.8 Å². The van der Waals surface area contributed by atoms with E-state index < -0.39 is 37.3 Å². The number of hydrogen-bond acceptors (Lipinski definition) is 13. The average Bonchev–Trinajstić information content (AvgIpc) is 3.60. The maximum absolute atomic E-state index is 10.5. The highest BCUT2D eigenvalue weighted by atomic mass is 16.7. The van der Waals surface area contributed by atoms with Crippen molar-refractivity contribution in [1.82, 2.24) is 0 Å². The van der Waals surface area contributed by atoms with Crippen molar-refractivity contribution in [2.75, 3.05) is 48.3 Å². The van der Waals surface area contributed by atoms with Crippen LogP contribution in [0.15, 0.2) is 24.3 Å². The Labute approximate surface area is 236 Å². The summed E-state index contributed by atoms with van der Waals surface area (Å²) < 4.78 is 45.7. The molecule has 0 unspecified atom stereocenters. The van der Waals surface area contributed by atoms with Crippen molar-refractivity contribution >= 4 is 0 Å². The van der Waals surface area contributed by atoms with Crippen LogP contribution in [0, 0.1) is 11.8 Å². The number of benzene rings is 2. The molecular formula is C28H36O13.